The highest BCUT2D eigenvalue weighted by Crippen LogP contribution is 2.31. The van der Waals surface area contributed by atoms with E-state index in [-0.39, 0.29) is 12.3 Å². The molecule has 1 aromatic rings. The largest absolute Gasteiger partial charge is 0.481 e. The monoisotopic (exact) mass is 292 g/mol. The number of nitrogens with one attached hydrogen (secondary N) is 1. The van der Waals surface area contributed by atoms with E-state index in [1.54, 1.807) is 12.1 Å². The summed E-state index contributed by atoms with van der Waals surface area (Å²) in [5, 5.41) is 12.0. The zero-order valence-electron chi connectivity index (χ0n) is 12.1. The number of rotatable bonds is 5. The lowest BCUT2D eigenvalue weighted by Crippen LogP contribution is -2.51. The Morgan fingerprint density at radius 1 is 1.33 bits per heavy atom. The van der Waals surface area contributed by atoms with Gasteiger partial charge in [0.05, 0.1) is 24.6 Å². The fourth-order valence-electron chi connectivity index (χ4n) is 2.81. The summed E-state index contributed by atoms with van der Waals surface area (Å²) >= 11 is 0. The SMILES string of the molecule is COc1ccc(C(=O)NC2(CC(=O)O)CCCCC2)cn1. The van der Waals surface area contributed by atoms with E-state index in [2.05, 4.69) is 10.3 Å². The molecule has 0 saturated heterocycles. The minimum atomic E-state index is -0.884. The van der Waals surface area contributed by atoms with E-state index >= 15 is 0 Å². The highest BCUT2D eigenvalue weighted by atomic mass is 16.5. The van der Waals surface area contributed by atoms with Crippen LogP contribution in [0.25, 0.3) is 0 Å². The predicted molar refractivity (Wildman–Crippen MR) is 76.3 cm³/mol. The number of ether oxygens (including phenoxy) is 1. The number of methoxy groups -OCH3 is 1. The number of amides is 1. The zero-order valence-corrected chi connectivity index (χ0v) is 12.1. The van der Waals surface area contributed by atoms with Gasteiger partial charge in [0.25, 0.3) is 5.91 Å². The molecule has 0 atom stereocenters. The lowest BCUT2D eigenvalue weighted by Gasteiger charge is -2.37. The molecule has 6 heteroatoms. The molecule has 6 nitrogen and oxygen atoms in total. The first-order valence-electron chi connectivity index (χ1n) is 7.09. The first-order valence-corrected chi connectivity index (χ1v) is 7.09. The van der Waals surface area contributed by atoms with E-state index in [1.165, 1.54) is 13.3 Å². The summed E-state index contributed by atoms with van der Waals surface area (Å²) in [7, 11) is 1.51. The van der Waals surface area contributed by atoms with E-state index in [0.717, 1.165) is 19.3 Å². The molecule has 2 rings (SSSR count). The van der Waals surface area contributed by atoms with Crippen molar-refractivity contribution in [1.29, 1.82) is 0 Å². The molecule has 21 heavy (non-hydrogen) atoms. The van der Waals surface area contributed by atoms with Crippen molar-refractivity contribution in [2.45, 2.75) is 44.1 Å². The quantitative estimate of drug-likeness (QED) is 0.866. The molecule has 1 aliphatic rings. The number of aromatic nitrogens is 1. The van der Waals surface area contributed by atoms with Gasteiger partial charge in [-0.1, -0.05) is 19.3 Å². The van der Waals surface area contributed by atoms with Crippen LogP contribution < -0.4 is 10.1 Å². The number of hydrogen-bond acceptors (Lipinski definition) is 4. The molecule has 0 spiro atoms. The Bertz CT molecular complexity index is 507. The molecule has 1 saturated carbocycles. The maximum atomic E-state index is 12.3. The molecule has 0 aromatic carbocycles. The molecule has 1 heterocycles. The summed E-state index contributed by atoms with van der Waals surface area (Å²) in [5.41, 5.74) is -0.229. The summed E-state index contributed by atoms with van der Waals surface area (Å²) in [6, 6.07) is 3.23. The minimum absolute atomic E-state index is 0.0394. The van der Waals surface area contributed by atoms with Gasteiger partial charge in [0.15, 0.2) is 0 Å². The van der Waals surface area contributed by atoms with Crippen LogP contribution in [-0.2, 0) is 4.79 Å². The molecule has 0 aliphatic heterocycles. The fourth-order valence-corrected chi connectivity index (χ4v) is 2.81. The van der Waals surface area contributed by atoms with Gasteiger partial charge in [-0.3, -0.25) is 9.59 Å². The third-order valence-corrected chi connectivity index (χ3v) is 3.89. The van der Waals surface area contributed by atoms with Crippen LogP contribution in [0.3, 0.4) is 0 Å². The summed E-state index contributed by atoms with van der Waals surface area (Å²) in [5.74, 6) is -0.733. The molecule has 2 N–H and O–H groups in total. The van der Waals surface area contributed by atoms with Gasteiger partial charge >= 0.3 is 5.97 Å². The Labute approximate surface area is 123 Å². The lowest BCUT2D eigenvalue weighted by molar-refractivity contribution is -0.139. The van der Waals surface area contributed by atoms with Crippen molar-refractivity contribution in [2.24, 2.45) is 0 Å². The van der Waals surface area contributed by atoms with Gasteiger partial charge in [0.2, 0.25) is 5.88 Å². The summed E-state index contributed by atoms with van der Waals surface area (Å²) < 4.78 is 4.95. The van der Waals surface area contributed by atoms with Crippen molar-refractivity contribution in [3.8, 4) is 5.88 Å². The maximum absolute atomic E-state index is 12.3. The fraction of sp³-hybridized carbons (Fsp3) is 0.533. The van der Waals surface area contributed by atoms with Gasteiger partial charge in [-0.15, -0.1) is 0 Å². The van der Waals surface area contributed by atoms with Crippen LogP contribution in [0.2, 0.25) is 0 Å². The van der Waals surface area contributed by atoms with Gasteiger partial charge in [-0.25, -0.2) is 4.98 Å². The van der Waals surface area contributed by atoms with Crippen LogP contribution in [0.5, 0.6) is 5.88 Å². The number of pyridine rings is 1. The van der Waals surface area contributed by atoms with Crippen LogP contribution in [0.1, 0.15) is 48.9 Å². The lowest BCUT2D eigenvalue weighted by atomic mass is 9.79. The van der Waals surface area contributed by atoms with Crippen molar-refractivity contribution in [2.75, 3.05) is 7.11 Å². The average molecular weight is 292 g/mol. The topological polar surface area (TPSA) is 88.5 Å². The molecule has 0 unspecified atom stereocenters. The average Bonchev–Trinajstić information content (AvgIpc) is 2.47. The third-order valence-electron chi connectivity index (χ3n) is 3.89. The van der Waals surface area contributed by atoms with Crippen LogP contribution >= 0.6 is 0 Å². The van der Waals surface area contributed by atoms with Crippen LogP contribution in [0.15, 0.2) is 18.3 Å². The number of carboxylic acid groups (broad SMARTS) is 1. The van der Waals surface area contributed by atoms with E-state index in [4.69, 9.17) is 9.84 Å². The molecular formula is C15H20N2O4. The molecule has 1 fully saturated rings. The second-order valence-electron chi connectivity index (χ2n) is 5.45. The molecule has 1 amide bonds. The second kappa shape index (κ2) is 6.56. The van der Waals surface area contributed by atoms with E-state index in [9.17, 15) is 9.59 Å². The maximum Gasteiger partial charge on any atom is 0.305 e. The third kappa shape index (κ3) is 3.93. The van der Waals surface area contributed by atoms with E-state index < -0.39 is 11.5 Å². The summed E-state index contributed by atoms with van der Waals surface area (Å²) in [6.07, 6.45) is 5.77. The van der Waals surface area contributed by atoms with Gasteiger partial charge < -0.3 is 15.2 Å². The molecule has 1 aliphatic carbocycles. The van der Waals surface area contributed by atoms with Gasteiger partial charge in [-0.05, 0) is 18.9 Å². The molecular weight excluding hydrogens is 272 g/mol. The molecule has 1 aromatic heterocycles. The van der Waals surface area contributed by atoms with Crippen molar-refractivity contribution in [3.63, 3.8) is 0 Å². The van der Waals surface area contributed by atoms with Crippen molar-refractivity contribution >= 4 is 11.9 Å². The Balaban J connectivity index is 2.11. The van der Waals surface area contributed by atoms with Crippen LogP contribution in [0.4, 0.5) is 0 Å². The number of hydrogen-bond donors (Lipinski definition) is 2. The van der Waals surface area contributed by atoms with Crippen molar-refractivity contribution < 1.29 is 19.4 Å². The Kier molecular flexibility index (Phi) is 4.77. The van der Waals surface area contributed by atoms with Crippen LogP contribution in [0, 0.1) is 0 Å². The Hall–Kier alpha value is -2.11. The molecule has 0 radical (unpaired) electrons. The minimum Gasteiger partial charge on any atom is -0.481 e. The second-order valence-corrected chi connectivity index (χ2v) is 5.45. The number of carbonyl (C=O) groups excluding carboxylic acids is 1. The number of aliphatic carboxylic acids is 1. The normalized spacial score (nSPS) is 17.0. The summed E-state index contributed by atoms with van der Waals surface area (Å²) in [4.78, 5) is 27.4. The Morgan fingerprint density at radius 3 is 2.57 bits per heavy atom. The molecule has 114 valence electrons. The highest BCUT2D eigenvalue weighted by molar-refractivity contribution is 5.94. The first kappa shape index (κ1) is 15.3. The van der Waals surface area contributed by atoms with E-state index in [1.807, 2.05) is 0 Å². The first-order chi connectivity index (χ1) is 10.0. The standard InChI is InChI=1S/C15H20N2O4/c1-21-12-6-5-11(10-16-12)14(20)17-15(9-13(18)19)7-3-2-4-8-15/h5-6,10H,2-4,7-9H2,1H3,(H,17,20)(H,18,19). The Morgan fingerprint density at radius 2 is 2.05 bits per heavy atom. The van der Waals surface area contributed by atoms with Crippen molar-refractivity contribution in [1.82, 2.24) is 10.3 Å². The highest BCUT2D eigenvalue weighted by Gasteiger charge is 2.36. The summed E-state index contributed by atoms with van der Waals surface area (Å²) in [6.45, 7) is 0. The molecule has 0 bridgehead atoms. The van der Waals surface area contributed by atoms with Crippen molar-refractivity contribution in [3.05, 3.63) is 23.9 Å². The van der Waals surface area contributed by atoms with Crippen LogP contribution in [-0.4, -0.2) is 34.6 Å². The van der Waals surface area contributed by atoms with Gasteiger partial charge in [0, 0.05) is 12.3 Å². The number of carboxylic acids is 1. The van der Waals surface area contributed by atoms with Gasteiger partial charge in [0.1, 0.15) is 0 Å². The van der Waals surface area contributed by atoms with E-state index in [0.29, 0.717) is 24.3 Å². The van der Waals surface area contributed by atoms with Gasteiger partial charge in [-0.2, -0.15) is 0 Å². The number of nitrogens with zero attached hydrogens (tertiary/aromatic N) is 1. The smallest absolute Gasteiger partial charge is 0.305 e. The zero-order chi connectivity index (χ0) is 15.3. The number of carbonyl (C=O) groups is 2. The predicted octanol–water partition coefficient (Wildman–Crippen LogP) is 2.00.